The predicted molar refractivity (Wildman–Crippen MR) is 51.6 cm³/mol. The van der Waals surface area contributed by atoms with Crippen molar-refractivity contribution < 1.29 is 9.50 Å². The van der Waals surface area contributed by atoms with Gasteiger partial charge in [-0.25, -0.2) is 4.39 Å². The Labute approximate surface area is 82.2 Å². The lowest BCUT2D eigenvalue weighted by molar-refractivity contribution is 0.199. The van der Waals surface area contributed by atoms with Gasteiger partial charge in [-0.15, -0.1) is 0 Å². The van der Waals surface area contributed by atoms with Gasteiger partial charge >= 0.3 is 0 Å². The van der Waals surface area contributed by atoms with Crippen molar-refractivity contribution in [3.63, 3.8) is 0 Å². The summed E-state index contributed by atoms with van der Waals surface area (Å²) in [7, 11) is 0. The third-order valence-electron chi connectivity index (χ3n) is 1.93. The smallest absolute Gasteiger partial charge is 0.122 e. The number of benzene rings is 1. The van der Waals surface area contributed by atoms with Gasteiger partial charge < -0.3 is 5.11 Å². The number of rotatable bonds is 2. The first-order valence-electron chi connectivity index (χ1n) is 4.14. The van der Waals surface area contributed by atoms with Crippen molar-refractivity contribution in [1.29, 1.82) is 0 Å². The number of hydrogen-bond donors (Lipinski definition) is 1. The highest BCUT2D eigenvalue weighted by Crippen LogP contribution is 2.27. The Morgan fingerprint density at radius 1 is 1.38 bits per heavy atom. The van der Waals surface area contributed by atoms with Gasteiger partial charge in [-0.1, -0.05) is 23.7 Å². The summed E-state index contributed by atoms with van der Waals surface area (Å²) in [6, 6.07) is 4.84. The van der Waals surface area contributed by atoms with Crippen LogP contribution in [0.4, 0.5) is 4.39 Å². The van der Waals surface area contributed by atoms with Crippen LogP contribution in [0.25, 0.3) is 0 Å². The largest absolute Gasteiger partial charge is 0.389 e. The summed E-state index contributed by atoms with van der Waals surface area (Å²) >= 11 is 5.84. The summed E-state index contributed by atoms with van der Waals surface area (Å²) in [5, 5.41) is 9.67. The van der Waals surface area contributed by atoms with Gasteiger partial charge in [-0.05, 0) is 31.0 Å². The van der Waals surface area contributed by atoms with Gasteiger partial charge in [0.15, 0.2) is 0 Å². The molecule has 0 radical (unpaired) electrons. The molecule has 2 atom stereocenters. The highest BCUT2D eigenvalue weighted by atomic mass is 35.5. The normalized spacial score (nSPS) is 15.5. The van der Waals surface area contributed by atoms with Crippen molar-refractivity contribution >= 4 is 11.6 Å². The highest BCUT2D eigenvalue weighted by Gasteiger charge is 2.09. The fraction of sp³-hybridized carbons (Fsp3) is 0.400. The second-order valence-electron chi connectivity index (χ2n) is 3.07. The van der Waals surface area contributed by atoms with Crippen LogP contribution in [0.1, 0.15) is 37.3 Å². The second-order valence-corrected chi connectivity index (χ2v) is 3.48. The average Bonchev–Trinajstić information content (AvgIpc) is 2.03. The van der Waals surface area contributed by atoms with Crippen molar-refractivity contribution in [2.24, 2.45) is 0 Å². The lowest BCUT2D eigenvalue weighted by atomic mass is 10.1. The molecule has 1 rings (SSSR count). The molecule has 1 nitrogen and oxygen atoms in total. The molecule has 2 unspecified atom stereocenters. The fourth-order valence-corrected chi connectivity index (χ4v) is 1.48. The zero-order valence-corrected chi connectivity index (χ0v) is 8.35. The van der Waals surface area contributed by atoms with Crippen LogP contribution in [-0.2, 0) is 0 Å². The van der Waals surface area contributed by atoms with E-state index in [-0.39, 0.29) is 0 Å². The van der Waals surface area contributed by atoms with Crippen LogP contribution in [0.3, 0.4) is 0 Å². The predicted octanol–water partition coefficient (Wildman–Crippen LogP) is 3.42. The van der Waals surface area contributed by atoms with Crippen molar-refractivity contribution in [2.45, 2.75) is 26.1 Å². The fourth-order valence-electron chi connectivity index (χ4n) is 1.13. The minimum Gasteiger partial charge on any atom is -0.389 e. The monoisotopic (exact) mass is 202 g/mol. The summed E-state index contributed by atoms with van der Waals surface area (Å²) < 4.78 is 12.8. The Balaban J connectivity index is 3.06. The number of hydrogen-bond acceptors (Lipinski definition) is 1. The molecule has 0 aromatic heterocycles. The number of aliphatic hydroxyl groups excluding tert-OH is 1. The summed E-state index contributed by atoms with van der Waals surface area (Å²) in [5.74, 6) is 0. The molecule has 0 amide bonds. The van der Waals surface area contributed by atoms with Gasteiger partial charge in [-0.3, -0.25) is 0 Å². The van der Waals surface area contributed by atoms with E-state index in [2.05, 4.69) is 0 Å². The van der Waals surface area contributed by atoms with Crippen LogP contribution in [0.15, 0.2) is 18.2 Å². The zero-order valence-electron chi connectivity index (χ0n) is 7.59. The average molecular weight is 203 g/mol. The number of halogens is 2. The summed E-state index contributed by atoms with van der Waals surface area (Å²) in [6.07, 6.45) is -1.64. The molecular weight excluding hydrogens is 191 g/mol. The Morgan fingerprint density at radius 2 is 2.00 bits per heavy atom. The lowest BCUT2D eigenvalue weighted by Gasteiger charge is -2.09. The van der Waals surface area contributed by atoms with Crippen LogP contribution >= 0.6 is 11.6 Å². The molecule has 0 bridgehead atoms. The van der Waals surface area contributed by atoms with Gasteiger partial charge in [0.2, 0.25) is 0 Å². The van der Waals surface area contributed by atoms with Crippen molar-refractivity contribution in [2.75, 3.05) is 0 Å². The van der Waals surface area contributed by atoms with E-state index in [0.29, 0.717) is 16.1 Å². The van der Waals surface area contributed by atoms with Crippen LogP contribution in [0, 0.1) is 0 Å². The molecule has 0 aliphatic carbocycles. The van der Waals surface area contributed by atoms with Crippen LogP contribution in [0.2, 0.25) is 5.02 Å². The van der Waals surface area contributed by atoms with Gasteiger partial charge in [0, 0.05) is 5.02 Å². The SMILES string of the molecule is CC(O)c1ccc(C(C)F)cc1Cl. The first-order valence-corrected chi connectivity index (χ1v) is 4.51. The molecule has 3 heteroatoms. The maximum atomic E-state index is 12.8. The minimum atomic E-state index is -1.03. The first-order chi connectivity index (χ1) is 6.02. The molecule has 0 fully saturated rings. The van der Waals surface area contributed by atoms with Crippen molar-refractivity contribution in [3.8, 4) is 0 Å². The third kappa shape index (κ3) is 2.42. The van der Waals surface area contributed by atoms with E-state index in [1.54, 1.807) is 25.1 Å². The molecule has 0 saturated heterocycles. The summed E-state index contributed by atoms with van der Waals surface area (Å²) in [5.41, 5.74) is 1.17. The molecule has 0 aliphatic rings. The van der Waals surface area contributed by atoms with E-state index in [1.165, 1.54) is 6.92 Å². The van der Waals surface area contributed by atoms with Crippen molar-refractivity contribution in [1.82, 2.24) is 0 Å². The van der Waals surface area contributed by atoms with E-state index < -0.39 is 12.3 Å². The lowest BCUT2D eigenvalue weighted by Crippen LogP contribution is -1.94. The second kappa shape index (κ2) is 4.07. The maximum Gasteiger partial charge on any atom is 0.122 e. The first kappa shape index (κ1) is 10.5. The van der Waals surface area contributed by atoms with E-state index in [1.807, 2.05) is 0 Å². The quantitative estimate of drug-likeness (QED) is 0.779. The van der Waals surface area contributed by atoms with Gasteiger partial charge in [0.1, 0.15) is 6.17 Å². The topological polar surface area (TPSA) is 20.2 Å². The molecule has 13 heavy (non-hydrogen) atoms. The Hall–Kier alpha value is -0.600. The highest BCUT2D eigenvalue weighted by molar-refractivity contribution is 6.31. The summed E-state index contributed by atoms with van der Waals surface area (Å²) in [6.45, 7) is 3.08. The molecule has 1 aromatic rings. The van der Waals surface area contributed by atoms with E-state index in [9.17, 15) is 9.50 Å². The minimum absolute atomic E-state index is 0.414. The van der Waals surface area contributed by atoms with Crippen LogP contribution in [-0.4, -0.2) is 5.11 Å². The molecule has 0 aliphatic heterocycles. The number of aliphatic hydroxyl groups is 1. The van der Waals surface area contributed by atoms with Crippen LogP contribution < -0.4 is 0 Å². The molecule has 0 saturated carbocycles. The van der Waals surface area contributed by atoms with E-state index in [4.69, 9.17) is 11.6 Å². The number of alkyl halides is 1. The molecule has 1 N–H and O–H groups in total. The van der Waals surface area contributed by atoms with Gasteiger partial charge in [0.05, 0.1) is 6.10 Å². The molecule has 0 heterocycles. The Kier molecular flexibility index (Phi) is 3.28. The van der Waals surface area contributed by atoms with Crippen LogP contribution in [0.5, 0.6) is 0 Å². The van der Waals surface area contributed by atoms with Gasteiger partial charge in [0.25, 0.3) is 0 Å². The maximum absolute atomic E-state index is 12.8. The van der Waals surface area contributed by atoms with Crippen molar-refractivity contribution in [3.05, 3.63) is 34.3 Å². The zero-order chi connectivity index (χ0) is 10.0. The molecular formula is C10H12ClFO. The van der Waals surface area contributed by atoms with E-state index >= 15 is 0 Å². The van der Waals surface area contributed by atoms with E-state index in [0.717, 1.165) is 0 Å². The Morgan fingerprint density at radius 3 is 2.38 bits per heavy atom. The molecule has 1 aromatic carbocycles. The molecule has 72 valence electrons. The molecule has 0 spiro atoms. The standard InChI is InChI=1S/C10H12ClFO/c1-6(12)8-3-4-9(7(2)13)10(11)5-8/h3-7,13H,1-2H3. The Bertz CT molecular complexity index is 297. The third-order valence-corrected chi connectivity index (χ3v) is 2.26. The van der Waals surface area contributed by atoms with Gasteiger partial charge in [-0.2, -0.15) is 0 Å². The summed E-state index contributed by atoms with van der Waals surface area (Å²) in [4.78, 5) is 0.